The van der Waals surface area contributed by atoms with Gasteiger partial charge in [0.2, 0.25) is 17.7 Å². The van der Waals surface area contributed by atoms with Crippen molar-refractivity contribution in [1.29, 1.82) is 0 Å². The van der Waals surface area contributed by atoms with Gasteiger partial charge >= 0.3 is 6.09 Å². The van der Waals surface area contributed by atoms with Crippen molar-refractivity contribution in [3.05, 3.63) is 39.8 Å². The first-order valence-corrected chi connectivity index (χ1v) is 11.6. The molecule has 0 spiro atoms. The number of hydrogen-bond acceptors (Lipinski definition) is 7. The van der Waals surface area contributed by atoms with E-state index in [1.54, 1.807) is 39.0 Å². The molecule has 192 valence electrons. The average molecular weight is 500 g/mol. The van der Waals surface area contributed by atoms with Crippen LogP contribution in [0.3, 0.4) is 0 Å². The number of ether oxygens (including phenoxy) is 1. The topological polar surface area (TPSA) is 174 Å². The minimum atomic E-state index is -0.760. The summed E-state index contributed by atoms with van der Waals surface area (Å²) in [6, 6.07) is 4.15. The minimum Gasteiger partial charge on any atom is -0.444 e. The third kappa shape index (κ3) is 6.51. The summed E-state index contributed by atoms with van der Waals surface area (Å²) in [6.45, 7) is 5.42. The monoisotopic (exact) mass is 499 g/mol. The summed E-state index contributed by atoms with van der Waals surface area (Å²) in [5.41, 5.74) is 9.15. The summed E-state index contributed by atoms with van der Waals surface area (Å²) in [4.78, 5) is 67.3. The van der Waals surface area contributed by atoms with Crippen LogP contribution in [0.2, 0.25) is 0 Å². The summed E-state index contributed by atoms with van der Waals surface area (Å²) in [7, 11) is 0. The maximum atomic E-state index is 12.9. The Kier molecular flexibility index (Phi) is 8.15. The van der Waals surface area contributed by atoms with Gasteiger partial charge in [-0.1, -0.05) is 11.2 Å². The molecule has 1 aromatic rings. The van der Waals surface area contributed by atoms with E-state index in [1.165, 1.54) is 9.80 Å². The molecule has 2 N–H and O–H groups in total. The summed E-state index contributed by atoms with van der Waals surface area (Å²) >= 11 is 0. The Morgan fingerprint density at radius 3 is 2.69 bits per heavy atom. The Balaban J connectivity index is 1.66. The van der Waals surface area contributed by atoms with Gasteiger partial charge in [0.05, 0.1) is 0 Å². The van der Waals surface area contributed by atoms with Crippen LogP contribution in [-0.2, 0) is 25.7 Å². The van der Waals surface area contributed by atoms with Crippen LogP contribution in [0.5, 0.6) is 0 Å². The van der Waals surface area contributed by atoms with Gasteiger partial charge in [-0.25, -0.2) is 4.79 Å². The van der Waals surface area contributed by atoms with E-state index in [1.807, 2.05) is 0 Å². The Bertz CT molecular complexity index is 1120. The molecule has 2 heterocycles. The standard InChI is InChI=1S/C23H29N7O6/c1-23(2,3)36-22(35)29(12-10-25-28-24)11-9-19(32)26-16-6-4-5-14-15(16)13-30(21(14)34)17-7-8-18(31)27-20(17)33/h4-6,17H,7-13H2,1-3H3,(H,26,32)(H,27,31,33). The number of carbonyl (C=O) groups excluding carboxylic acids is 5. The lowest BCUT2D eigenvalue weighted by Gasteiger charge is -2.29. The molecule has 2 aliphatic heterocycles. The predicted molar refractivity (Wildman–Crippen MR) is 128 cm³/mol. The summed E-state index contributed by atoms with van der Waals surface area (Å²) in [5.74, 6) is -1.62. The second kappa shape index (κ2) is 11.1. The molecule has 1 saturated heterocycles. The van der Waals surface area contributed by atoms with Crippen molar-refractivity contribution in [3.63, 3.8) is 0 Å². The van der Waals surface area contributed by atoms with Crippen molar-refractivity contribution in [1.82, 2.24) is 15.1 Å². The zero-order valence-electron chi connectivity index (χ0n) is 20.4. The number of imide groups is 1. The van der Waals surface area contributed by atoms with E-state index in [0.29, 0.717) is 16.8 Å². The van der Waals surface area contributed by atoms with E-state index in [9.17, 15) is 24.0 Å². The van der Waals surface area contributed by atoms with Crippen molar-refractivity contribution in [2.75, 3.05) is 25.0 Å². The maximum absolute atomic E-state index is 12.9. The maximum Gasteiger partial charge on any atom is 0.410 e. The van der Waals surface area contributed by atoms with Crippen LogP contribution in [0.25, 0.3) is 10.4 Å². The first-order chi connectivity index (χ1) is 17.0. The lowest BCUT2D eigenvalue weighted by molar-refractivity contribution is -0.137. The molecule has 36 heavy (non-hydrogen) atoms. The van der Waals surface area contributed by atoms with Gasteiger partial charge in [0.15, 0.2) is 0 Å². The van der Waals surface area contributed by atoms with Gasteiger partial charge in [0.25, 0.3) is 5.91 Å². The van der Waals surface area contributed by atoms with E-state index >= 15 is 0 Å². The number of azide groups is 1. The van der Waals surface area contributed by atoms with Crippen LogP contribution in [0.1, 0.15) is 56.0 Å². The number of fused-ring (bicyclic) bond motifs is 1. The average Bonchev–Trinajstić information content (AvgIpc) is 3.12. The largest absolute Gasteiger partial charge is 0.444 e. The number of hydrogen-bond donors (Lipinski definition) is 2. The molecule has 1 unspecified atom stereocenters. The molecule has 0 aliphatic carbocycles. The molecule has 0 radical (unpaired) electrons. The van der Waals surface area contributed by atoms with Gasteiger partial charge in [-0.05, 0) is 44.9 Å². The Labute approximate surface area is 207 Å². The molecule has 13 heteroatoms. The first kappa shape index (κ1) is 26.5. The molecule has 0 aromatic heterocycles. The summed E-state index contributed by atoms with van der Waals surface area (Å²) < 4.78 is 5.36. The van der Waals surface area contributed by atoms with Crippen LogP contribution in [-0.4, -0.2) is 70.8 Å². The number of anilines is 1. The quantitative estimate of drug-likeness (QED) is 0.240. The van der Waals surface area contributed by atoms with Crippen molar-refractivity contribution >= 4 is 35.4 Å². The van der Waals surface area contributed by atoms with Crippen LogP contribution < -0.4 is 10.6 Å². The highest BCUT2D eigenvalue weighted by Crippen LogP contribution is 2.32. The third-order valence-corrected chi connectivity index (χ3v) is 5.65. The van der Waals surface area contributed by atoms with Gasteiger partial charge in [0.1, 0.15) is 11.6 Å². The van der Waals surface area contributed by atoms with Crippen LogP contribution in [0, 0.1) is 0 Å². The molecule has 1 atom stereocenters. The second-order valence-electron chi connectivity index (χ2n) is 9.45. The molecule has 1 fully saturated rings. The van der Waals surface area contributed by atoms with Crippen LogP contribution in [0.4, 0.5) is 10.5 Å². The fraction of sp³-hybridized carbons (Fsp3) is 0.522. The highest BCUT2D eigenvalue weighted by molar-refractivity contribution is 6.06. The smallest absolute Gasteiger partial charge is 0.410 e. The number of piperidine rings is 1. The normalized spacial score (nSPS) is 17.1. The number of nitrogens with zero attached hydrogens (tertiary/aromatic N) is 5. The van der Waals surface area contributed by atoms with Crippen molar-refractivity contribution in [2.24, 2.45) is 5.11 Å². The van der Waals surface area contributed by atoms with Gasteiger partial charge in [0, 0.05) is 60.7 Å². The number of benzene rings is 1. The van der Waals surface area contributed by atoms with Crippen molar-refractivity contribution < 1.29 is 28.7 Å². The molecule has 1 aromatic carbocycles. The van der Waals surface area contributed by atoms with Gasteiger partial charge < -0.3 is 19.9 Å². The second-order valence-corrected chi connectivity index (χ2v) is 9.45. The fourth-order valence-electron chi connectivity index (χ4n) is 3.98. The van der Waals surface area contributed by atoms with Crippen molar-refractivity contribution in [3.8, 4) is 0 Å². The lowest BCUT2D eigenvalue weighted by atomic mass is 10.0. The van der Waals surface area contributed by atoms with Gasteiger partial charge in [-0.15, -0.1) is 0 Å². The predicted octanol–water partition coefficient (Wildman–Crippen LogP) is 2.32. The van der Waals surface area contributed by atoms with E-state index in [2.05, 4.69) is 20.7 Å². The third-order valence-electron chi connectivity index (χ3n) is 5.65. The van der Waals surface area contributed by atoms with E-state index in [-0.39, 0.29) is 57.3 Å². The zero-order chi connectivity index (χ0) is 26.5. The number of rotatable bonds is 8. The van der Waals surface area contributed by atoms with Crippen molar-refractivity contribution in [2.45, 2.75) is 58.2 Å². The van der Waals surface area contributed by atoms with Crippen LogP contribution >= 0.6 is 0 Å². The highest BCUT2D eigenvalue weighted by Gasteiger charge is 2.40. The fourth-order valence-corrected chi connectivity index (χ4v) is 3.98. The lowest BCUT2D eigenvalue weighted by Crippen LogP contribution is -2.52. The zero-order valence-corrected chi connectivity index (χ0v) is 20.4. The SMILES string of the molecule is CC(C)(C)OC(=O)N(CCN=[N+]=[N-])CCC(=O)Nc1cccc2c1CN(C1CCC(=O)NC1=O)C2=O. The summed E-state index contributed by atoms with van der Waals surface area (Å²) in [5, 5.41) is 8.47. The Hall–Kier alpha value is -4.12. The molecule has 13 nitrogen and oxygen atoms in total. The first-order valence-electron chi connectivity index (χ1n) is 11.6. The van der Waals surface area contributed by atoms with Gasteiger partial charge in [-0.3, -0.25) is 24.5 Å². The van der Waals surface area contributed by atoms with E-state index in [4.69, 9.17) is 10.3 Å². The van der Waals surface area contributed by atoms with E-state index in [0.717, 1.165) is 0 Å². The molecule has 2 aliphatic rings. The number of amides is 5. The number of carbonyl (C=O) groups is 5. The molecule has 0 bridgehead atoms. The van der Waals surface area contributed by atoms with Crippen LogP contribution in [0.15, 0.2) is 23.3 Å². The molecular weight excluding hydrogens is 470 g/mol. The number of nitrogens with one attached hydrogen (secondary N) is 2. The molecule has 0 saturated carbocycles. The van der Waals surface area contributed by atoms with E-state index < -0.39 is 29.6 Å². The Morgan fingerprint density at radius 1 is 1.28 bits per heavy atom. The Morgan fingerprint density at radius 2 is 2.03 bits per heavy atom. The minimum absolute atomic E-state index is 0.0258. The molecule has 3 rings (SSSR count). The molecule has 5 amide bonds. The molecular formula is C23H29N7O6. The van der Waals surface area contributed by atoms with Gasteiger partial charge in [-0.2, -0.15) is 0 Å². The highest BCUT2D eigenvalue weighted by atomic mass is 16.6. The summed E-state index contributed by atoms with van der Waals surface area (Å²) in [6.07, 6.45) is -0.310.